The number of ether oxygens (including phenoxy) is 1. The smallest absolute Gasteiger partial charge is 0.238 e. The van der Waals surface area contributed by atoms with Gasteiger partial charge in [-0.1, -0.05) is 12.1 Å². The Morgan fingerprint density at radius 1 is 1.07 bits per heavy atom. The van der Waals surface area contributed by atoms with Crippen LogP contribution in [0.3, 0.4) is 0 Å². The lowest BCUT2D eigenvalue weighted by Gasteiger charge is -2.34. The molecule has 0 atom stereocenters. The lowest BCUT2D eigenvalue weighted by atomic mass is 10.2. The summed E-state index contributed by atoms with van der Waals surface area (Å²) in [7, 11) is 0. The van der Waals surface area contributed by atoms with Crippen LogP contribution in [0.15, 0.2) is 48.5 Å². The Morgan fingerprint density at radius 3 is 2.44 bits per heavy atom. The number of hydrogen-bond acceptors (Lipinski definition) is 4. The molecule has 0 radical (unpaired) electrons. The van der Waals surface area contributed by atoms with Crippen LogP contribution in [-0.2, 0) is 11.3 Å². The molecule has 1 heterocycles. The van der Waals surface area contributed by atoms with E-state index in [-0.39, 0.29) is 11.7 Å². The Hall–Kier alpha value is -2.44. The molecule has 3 rings (SSSR count). The number of nitrogens with zero attached hydrogens (tertiary/aromatic N) is 2. The Kier molecular flexibility index (Phi) is 6.79. The van der Waals surface area contributed by atoms with Gasteiger partial charge in [0.2, 0.25) is 5.91 Å². The van der Waals surface area contributed by atoms with Gasteiger partial charge in [-0.15, -0.1) is 0 Å². The fourth-order valence-corrected chi connectivity index (χ4v) is 3.20. The Morgan fingerprint density at radius 2 is 1.78 bits per heavy atom. The van der Waals surface area contributed by atoms with E-state index in [4.69, 9.17) is 4.74 Å². The molecule has 0 spiro atoms. The van der Waals surface area contributed by atoms with Gasteiger partial charge in [0.05, 0.1) is 13.2 Å². The fourth-order valence-electron chi connectivity index (χ4n) is 3.20. The second-order valence-electron chi connectivity index (χ2n) is 6.69. The number of carbonyl (C=O) groups is 1. The van der Waals surface area contributed by atoms with E-state index in [1.807, 2.05) is 37.3 Å². The summed E-state index contributed by atoms with van der Waals surface area (Å²) in [5.74, 6) is 0.583. The van der Waals surface area contributed by atoms with Gasteiger partial charge in [-0.05, 0) is 48.9 Å². The molecule has 0 unspecified atom stereocenters. The highest BCUT2D eigenvalue weighted by molar-refractivity contribution is 5.92. The molecule has 2 aromatic carbocycles. The number of hydrogen-bond donors (Lipinski definition) is 1. The van der Waals surface area contributed by atoms with E-state index in [1.54, 1.807) is 12.1 Å². The van der Waals surface area contributed by atoms with Crippen molar-refractivity contribution in [2.24, 2.45) is 0 Å². The van der Waals surface area contributed by atoms with Gasteiger partial charge in [-0.3, -0.25) is 14.6 Å². The Bertz CT molecular complexity index is 743. The fraction of sp³-hybridized carbons (Fsp3) is 0.381. The molecule has 27 heavy (non-hydrogen) atoms. The molecule has 0 aliphatic carbocycles. The van der Waals surface area contributed by atoms with Gasteiger partial charge in [0.15, 0.2) is 0 Å². The molecule has 0 bridgehead atoms. The van der Waals surface area contributed by atoms with Gasteiger partial charge in [0.25, 0.3) is 0 Å². The maximum absolute atomic E-state index is 13.3. The van der Waals surface area contributed by atoms with Crippen molar-refractivity contribution in [3.63, 3.8) is 0 Å². The Balaban J connectivity index is 1.41. The standard InChI is InChI=1S/C21H26FN3O2/c1-2-27-20-8-6-19(7-9-20)23-21(26)16-25-12-10-24(11-13-25)15-17-4-3-5-18(22)14-17/h3-9,14H,2,10-13,15-16H2,1H3,(H,23,26). The van der Waals surface area contributed by atoms with E-state index in [0.29, 0.717) is 13.2 Å². The van der Waals surface area contributed by atoms with Crippen LogP contribution in [0.25, 0.3) is 0 Å². The molecule has 5 nitrogen and oxygen atoms in total. The summed E-state index contributed by atoms with van der Waals surface area (Å²) in [6, 6.07) is 14.1. The minimum Gasteiger partial charge on any atom is -0.494 e. The number of nitrogens with one attached hydrogen (secondary N) is 1. The molecule has 1 saturated heterocycles. The maximum Gasteiger partial charge on any atom is 0.238 e. The highest BCUT2D eigenvalue weighted by Crippen LogP contribution is 2.16. The first-order chi connectivity index (χ1) is 13.1. The normalized spacial score (nSPS) is 15.5. The van der Waals surface area contributed by atoms with Crippen molar-refractivity contribution in [1.82, 2.24) is 9.80 Å². The third kappa shape index (κ3) is 6.05. The first-order valence-electron chi connectivity index (χ1n) is 9.34. The van der Waals surface area contributed by atoms with Crippen LogP contribution in [0.1, 0.15) is 12.5 Å². The first kappa shape index (κ1) is 19.3. The Labute approximate surface area is 159 Å². The highest BCUT2D eigenvalue weighted by Gasteiger charge is 2.19. The molecule has 0 saturated carbocycles. The summed E-state index contributed by atoms with van der Waals surface area (Å²) in [4.78, 5) is 16.7. The number of piperazine rings is 1. The predicted molar refractivity (Wildman–Crippen MR) is 104 cm³/mol. The summed E-state index contributed by atoms with van der Waals surface area (Å²) in [5, 5.41) is 2.92. The number of amides is 1. The molecule has 1 aliphatic heterocycles. The molecular weight excluding hydrogens is 345 g/mol. The number of benzene rings is 2. The van der Waals surface area contributed by atoms with Crippen LogP contribution >= 0.6 is 0 Å². The SMILES string of the molecule is CCOc1ccc(NC(=O)CN2CCN(Cc3cccc(F)c3)CC2)cc1. The number of carbonyl (C=O) groups excluding carboxylic acids is 1. The molecule has 6 heteroatoms. The van der Waals surface area contributed by atoms with E-state index >= 15 is 0 Å². The van der Waals surface area contributed by atoms with Gasteiger partial charge in [-0.2, -0.15) is 0 Å². The highest BCUT2D eigenvalue weighted by atomic mass is 19.1. The summed E-state index contributed by atoms with van der Waals surface area (Å²) in [6.07, 6.45) is 0. The molecule has 1 aliphatic rings. The molecule has 1 fully saturated rings. The summed E-state index contributed by atoms with van der Waals surface area (Å²) in [6.45, 7) is 7.06. The van der Waals surface area contributed by atoms with E-state index < -0.39 is 0 Å². The lowest BCUT2D eigenvalue weighted by molar-refractivity contribution is -0.117. The molecule has 1 amide bonds. The van der Waals surface area contributed by atoms with E-state index in [1.165, 1.54) is 6.07 Å². The molecular formula is C21H26FN3O2. The summed E-state index contributed by atoms with van der Waals surface area (Å²) >= 11 is 0. The van der Waals surface area contributed by atoms with Crippen molar-refractivity contribution in [2.45, 2.75) is 13.5 Å². The van der Waals surface area contributed by atoms with Crippen LogP contribution in [0, 0.1) is 5.82 Å². The van der Waals surface area contributed by atoms with Crippen molar-refractivity contribution in [2.75, 3.05) is 44.6 Å². The van der Waals surface area contributed by atoms with Crippen molar-refractivity contribution < 1.29 is 13.9 Å². The summed E-state index contributed by atoms with van der Waals surface area (Å²) in [5.41, 5.74) is 1.75. The van der Waals surface area contributed by atoms with Gasteiger partial charge in [0.1, 0.15) is 11.6 Å². The lowest BCUT2D eigenvalue weighted by Crippen LogP contribution is -2.48. The number of rotatable bonds is 7. The topological polar surface area (TPSA) is 44.8 Å². The van der Waals surface area contributed by atoms with Crippen LogP contribution < -0.4 is 10.1 Å². The van der Waals surface area contributed by atoms with E-state index in [0.717, 1.165) is 49.7 Å². The summed E-state index contributed by atoms with van der Waals surface area (Å²) < 4.78 is 18.7. The average Bonchev–Trinajstić information content (AvgIpc) is 2.65. The van der Waals surface area contributed by atoms with Gasteiger partial charge in [-0.25, -0.2) is 4.39 Å². The van der Waals surface area contributed by atoms with Crippen molar-refractivity contribution in [1.29, 1.82) is 0 Å². The maximum atomic E-state index is 13.3. The van der Waals surface area contributed by atoms with E-state index in [2.05, 4.69) is 15.1 Å². The van der Waals surface area contributed by atoms with Crippen molar-refractivity contribution in [3.05, 3.63) is 59.9 Å². The van der Waals surface area contributed by atoms with Gasteiger partial charge in [0, 0.05) is 38.4 Å². The zero-order valence-corrected chi connectivity index (χ0v) is 15.7. The van der Waals surface area contributed by atoms with Crippen LogP contribution in [0.5, 0.6) is 5.75 Å². The second kappa shape index (κ2) is 9.48. The van der Waals surface area contributed by atoms with Crippen LogP contribution in [0.4, 0.5) is 10.1 Å². The first-order valence-corrected chi connectivity index (χ1v) is 9.34. The number of anilines is 1. The minimum absolute atomic E-state index is 0.0160. The van der Waals surface area contributed by atoms with Crippen molar-refractivity contribution >= 4 is 11.6 Å². The third-order valence-corrected chi connectivity index (χ3v) is 4.58. The van der Waals surface area contributed by atoms with E-state index in [9.17, 15) is 9.18 Å². The quantitative estimate of drug-likeness (QED) is 0.813. The van der Waals surface area contributed by atoms with Gasteiger partial charge < -0.3 is 10.1 Å². The zero-order valence-electron chi connectivity index (χ0n) is 15.7. The number of halogens is 1. The van der Waals surface area contributed by atoms with Crippen molar-refractivity contribution in [3.8, 4) is 5.75 Å². The van der Waals surface area contributed by atoms with Crippen LogP contribution in [-0.4, -0.2) is 55.0 Å². The van der Waals surface area contributed by atoms with Gasteiger partial charge >= 0.3 is 0 Å². The largest absolute Gasteiger partial charge is 0.494 e. The molecule has 1 N–H and O–H groups in total. The molecule has 0 aromatic heterocycles. The average molecular weight is 371 g/mol. The monoisotopic (exact) mass is 371 g/mol. The minimum atomic E-state index is -0.197. The second-order valence-corrected chi connectivity index (χ2v) is 6.69. The molecule has 144 valence electrons. The molecule has 2 aromatic rings. The zero-order chi connectivity index (χ0) is 19.1. The predicted octanol–water partition coefficient (Wildman–Crippen LogP) is 2.98. The third-order valence-electron chi connectivity index (χ3n) is 4.58. The van der Waals surface area contributed by atoms with Crippen LogP contribution in [0.2, 0.25) is 0 Å².